The van der Waals surface area contributed by atoms with Crippen molar-refractivity contribution in [1.29, 1.82) is 0 Å². The van der Waals surface area contributed by atoms with Gasteiger partial charge in [0.05, 0.1) is 0 Å². The Morgan fingerprint density at radius 1 is 1.45 bits per heavy atom. The molecule has 0 unspecified atom stereocenters. The monoisotopic (exact) mass is 150 g/mol. The zero-order valence-corrected chi connectivity index (χ0v) is 8.07. The van der Waals surface area contributed by atoms with Crippen molar-refractivity contribution in [2.45, 2.75) is 40.5 Å². The topological polar surface area (TPSA) is 0 Å². The van der Waals surface area contributed by atoms with Gasteiger partial charge in [-0.15, -0.1) is 0 Å². The van der Waals surface area contributed by atoms with E-state index in [2.05, 4.69) is 39.8 Å². The molecule has 1 aliphatic carbocycles. The van der Waals surface area contributed by atoms with Gasteiger partial charge in [0.15, 0.2) is 0 Å². The lowest BCUT2D eigenvalue weighted by Gasteiger charge is -2.26. The molecule has 0 aliphatic heterocycles. The summed E-state index contributed by atoms with van der Waals surface area (Å²) in [6.07, 6.45) is 7.13. The van der Waals surface area contributed by atoms with Crippen LogP contribution in [0.1, 0.15) is 40.5 Å². The van der Waals surface area contributed by atoms with Crippen molar-refractivity contribution in [3.63, 3.8) is 0 Å². The first-order valence-corrected chi connectivity index (χ1v) is 4.42. The molecule has 0 aromatic rings. The minimum absolute atomic E-state index is 0.393. The molecule has 0 bridgehead atoms. The molecule has 0 radical (unpaired) electrons. The summed E-state index contributed by atoms with van der Waals surface area (Å²) < 4.78 is 0. The standard InChI is InChI=1S/C11H18/c1-5-10-6-9(2)7-11(3,4)8-10/h6-7H,5,8H2,1-4H3. The Labute approximate surface area is 70.0 Å². The maximum absolute atomic E-state index is 2.37. The van der Waals surface area contributed by atoms with E-state index in [1.165, 1.54) is 18.4 Å². The fourth-order valence-corrected chi connectivity index (χ4v) is 1.89. The summed E-state index contributed by atoms with van der Waals surface area (Å²) in [6, 6.07) is 0. The van der Waals surface area contributed by atoms with Crippen LogP contribution in [0.25, 0.3) is 0 Å². The SMILES string of the molecule is CCC1=CC(C)=CC(C)(C)C1. The lowest BCUT2D eigenvalue weighted by molar-refractivity contribution is 0.460. The predicted octanol–water partition coefficient (Wildman–Crippen LogP) is 3.70. The molecule has 0 saturated heterocycles. The average Bonchev–Trinajstić information content (AvgIpc) is 1.83. The molecule has 0 atom stereocenters. The number of hydrogen-bond acceptors (Lipinski definition) is 0. The summed E-state index contributed by atoms with van der Waals surface area (Å²) >= 11 is 0. The third-order valence-electron chi connectivity index (χ3n) is 2.19. The van der Waals surface area contributed by atoms with Crippen LogP contribution in [0.3, 0.4) is 0 Å². The van der Waals surface area contributed by atoms with Gasteiger partial charge in [-0.2, -0.15) is 0 Å². The Balaban J connectivity index is 2.84. The van der Waals surface area contributed by atoms with E-state index in [0.717, 1.165) is 0 Å². The van der Waals surface area contributed by atoms with Gasteiger partial charge in [-0.25, -0.2) is 0 Å². The third kappa shape index (κ3) is 2.21. The number of hydrogen-bond donors (Lipinski definition) is 0. The molecule has 0 nitrogen and oxygen atoms in total. The van der Waals surface area contributed by atoms with Gasteiger partial charge in [0.2, 0.25) is 0 Å². The summed E-state index contributed by atoms with van der Waals surface area (Å²) in [5, 5.41) is 0. The van der Waals surface area contributed by atoms with Crippen LogP contribution >= 0.6 is 0 Å². The van der Waals surface area contributed by atoms with Gasteiger partial charge in [0.1, 0.15) is 0 Å². The van der Waals surface area contributed by atoms with Gasteiger partial charge in [-0.3, -0.25) is 0 Å². The molecule has 0 fully saturated rings. The van der Waals surface area contributed by atoms with E-state index < -0.39 is 0 Å². The summed E-state index contributed by atoms with van der Waals surface area (Å²) in [5.74, 6) is 0. The molecule has 0 spiro atoms. The van der Waals surface area contributed by atoms with Crippen molar-refractivity contribution in [1.82, 2.24) is 0 Å². The van der Waals surface area contributed by atoms with Gasteiger partial charge >= 0.3 is 0 Å². The summed E-state index contributed by atoms with van der Waals surface area (Å²) in [6.45, 7) is 9.04. The second-order valence-electron chi connectivity index (χ2n) is 4.21. The fraction of sp³-hybridized carbons (Fsp3) is 0.636. The maximum Gasteiger partial charge on any atom is -0.0132 e. The Kier molecular flexibility index (Phi) is 2.22. The van der Waals surface area contributed by atoms with Crippen molar-refractivity contribution in [3.8, 4) is 0 Å². The van der Waals surface area contributed by atoms with Crippen LogP contribution in [0.5, 0.6) is 0 Å². The van der Waals surface area contributed by atoms with Gasteiger partial charge < -0.3 is 0 Å². The molecule has 0 heteroatoms. The van der Waals surface area contributed by atoms with Crippen LogP contribution < -0.4 is 0 Å². The molecular formula is C11H18. The molecule has 62 valence electrons. The van der Waals surface area contributed by atoms with E-state index in [4.69, 9.17) is 0 Å². The van der Waals surface area contributed by atoms with Crippen molar-refractivity contribution < 1.29 is 0 Å². The molecule has 0 amide bonds. The Morgan fingerprint density at radius 3 is 2.55 bits per heavy atom. The van der Waals surface area contributed by atoms with E-state index in [0.29, 0.717) is 5.41 Å². The van der Waals surface area contributed by atoms with Crippen LogP contribution in [0.2, 0.25) is 0 Å². The predicted molar refractivity (Wildman–Crippen MR) is 50.5 cm³/mol. The molecule has 0 aromatic heterocycles. The Morgan fingerprint density at radius 2 is 2.09 bits per heavy atom. The Bertz CT molecular complexity index is 204. The zero-order chi connectivity index (χ0) is 8.48. The summed E-state index contributed by atoms with van der Waals surface area (Å²) in [4.78, 5) is 0. The zero-order valence-electron chi connectivity index (χ0n) is 8.07. The van der Waals surface area contributed by atoms with Gasteiger partial charge in [-0.1, -0.05) is 44.1 Å². The highest BCUT2D eigenvalue weighted by atomic mass is 14.2. The van der Waals surface area contributed by atoms with Crippen molar-refractivity contribution in [2.24, 2.45) is 5.41 Å². The van der Waals surface area contributed by atoms with Crippen LogP contribution in [0.4, 0.5) is 0 Å². The lowest BCUT2D eigenvalue weighted by Crippen LogP contribution is -2.12. The van der Waals surface area contributed by atoms with E-state index in [-0.39, 0.29) is 0 Å². The molecule has 0 saturated carbocycles. The first kappa shape index (κ1) is 8.58. The van der Waals surface area contributed by atoms with Crippen molar-refractivity contribution in [3.05, 3.63) is 23.3 Å². The highest BCUT2D eigenvalue weighted by Gasteiger charge is 2.19. The van der Waals surface area contributed by atoms with Crippen LogP contribution in [0, 0.1) is 5.41 Å². The number of allylic oxidation sites excluding steroid dienone is 4. The first-order chi connectivity index (χ1) is 5.03. The van der Waals surface area contributed by atoms with Gasteiger partial charge in [0, 0.05) is 0 Å². The van der Waals surface area contributed by atoms with Crippen molar-refractivity contribution >= 4 is 0 Å². The second-order valence-corrected chi connectivity index (χ2v) is 4.21. The summed E-state index contributed by atoms with van der Waals surface area (Å²) in [5.41, 5.74) is 3.41. The molecular weight excluding hydrogens is 132 g/mol. The smallest absolute Gasteiger partial charge is 0.0132 e. The number of rotatable bonds is 1. The average molecular weight is 150 g/mol. The molecule has 0 aromatic carbocycles. The van der Waals surface area contributed by atoms with Crippen molar-refractivity contribution in [2.75, 3.05) is 0 Å². The van der Waals surface area contributed by atoms with Gasteiger partial charge in [0.25, 0.3) is 0 Å². The fourth-order valence-electron chi connectivity index (χ4n) is 1.89. The van der Waals surface area contributed by atoms with Crippen LogP contribution in [-0.2, 0) is 0 Å². The van der Waals surface area contributed by atoms with E-state index in [1.54, 1.807) is 5.57 Å². The van der Waals surface area contributed by atoms with E-state index in [1.807, 2.05) is 0 Å². The molecule has 0 N–H and O–H groups in total. The summed E-state index contributed by atoms with van der Waals surface area (Å²) in [7, 11) is 0. The first-order valence-electron chi connectivity index (χ1n) is 4.42. The largest absolute Gasteiger partial charge is 0.0756 e. The highest BCUT2D eigenvalue weighted by Crippen LogP contribution is 2.33. The van der Waals surface area contributed by atoms with Crippen LogP contribution in [0.15, 0.2) is 23.3 Å². The minimum atomic E-state index is 0.393. The second kappa shape index (κ2) is 2.84. The minimum Gasteiger partial charge on any atom is -0.0756 e. The lowest BCUT2D eigenvalue weighted by atomic mass is 9.79. The molecule has 1 aliphatic rings. The molecule has 0 heterocycles. The van der Waals surface area contributed by atoms with E-state index in [9.17, 15) is 0 Å². The van der Waals surface area contributed by atoms with Gasteiger partial charge in [-0.05, 0) is 25.2 Å². The van der Waals surface area contributed by atoms with Crippen LogP contribution in [-0.4, -0.2) is 0 Å². The highest BCUT2D eigenvalue weighted by molar-refractivity contribution is 5.29. The Hall–Kier alpha value is -0.520. The third-order valence-corrected chi connectivity index (χ3v) is 2.19. The maximum atomic E-state index is 2.37. The normalized spacial score (nSPS) is 22.5. The molecule has 11 heavy (non-hydrogen) atoms. The van der Waals surface area contributed by atoms with E-state index >= 15 is 0 Å². The quantitative estimate of drug-likeness (QED) is 0.534. The molecule has 1 rings (SSSR count).